The highest BCUT2D eigenvalue weighted by Gasteiger charge is 2.12. The quantitative estimate of drug-likeness (QED) is 0.692. The zero-order valence-electron chi connectivity index (χ0n) is 13.1. The summed E-state index contributed by atoms with van der Waals surface area (Å²) in [5.74, 6) is 0.973. The van der Waals surface area contributed by atoms with Crippen LogP contribution in [0.15, 0.2) is 41.8 Å². The van der Waals surface area contributed by atoms with E-state index in [0.717, 1.165) is 6.42 Å². The van der Waals surface area contributed by atoms with E-state index >= 15 is 0 Å². The lowest BCUT2D eigenvalue weighted by Gasteiger charge is -2.15. The van der Waals surface area contributed by atoms with Gasteiger partial charge in [0.25, 0.3) is 0 Å². The number of rotatable bonds is 8. The third-order valence-corrected chi connectivity index (χ3v) is 4.56. The molecule has 1 heterocycles. The number of amides is 2. The van der Waals surface area contributed by atoms with Crippen molar-refractivity contribution < 1.29 is 14.6 Å². The van der Waals surface area contributed by atoms with Crippen molar-refractivity contribution >= 4 is 23.1 Å². The Kier molecular flexibility index (Phi) is 6.90. The lowest BCUT2D eigenvalue weighted by atomic mass is 10.00. The minimum absolute atomic E-state index is 0.151. The van der Waals surface area contributed by atoms with Crippen LogP contribution in [0.3, 0.4) is 0 Å². The molecule has 2 rings (SSSR count). The molecule has 2 amide bonds. The molecule has 2 aromatic rings. The molecule has 5 nitrogen and oxygen atoms in total. The van der Waals surface area contributed by atoms with Crippen LogP contribution in [0, 0.1) is 0 Å². The molecule has 1 aromatic heterocycles. The summed E-state index contributed by atoms with van der Waals surface area (Å²) in [4.78, 5) is 13.2. The molecule has 1 atom stereocenters. The fraction of sp³-hybridized carbons (Fsp3) is 0.353. The lowest BCUT2D eigenvalue weighted by molar-refractivity contribution is 0.250. The van der Waals surface area contributed by atoms with Gasteiger partial charge in [-0.25, -0.2) is 4.79 Å². The van der Waals surface area contributed by atoms with Gasteiger partial charge in [-0.2, -0.15) is 0 Å². The number of hydrogen-bond acceptors (Lipinski definition) is 4. The Hall–Kier alpha value is -2.05. The molecule has 0 radical (unpaired) electrons. The zero-order valence-corrected chi connectivity index (χ0v) is 13.9. The second kappa shape index (κ2) is 9.17. The fourth-order valence-corrected chi connectivity index (χ4v) is 3.24. The van der Waals surface area contributed by atoms with Crippen LogP contribution in [0.1, 0.15) is 23.6 Å². The molecule has 0 aliphatic heterocycles. The molecular formula is C17H22N2O3S. The molecule has 0 spiro atoms. The van der Waals surface area contributed by atoms with Crippen LogP contribution in [0.25, 0.3) is 0 Å². The molecule has 124 valence electrons. The first kappa shape index (κ1) is 17.3. The normalized spacial score (nSPS) is 11.7. The smallest absolute Gasteiger partial charge is 0.319 e. The van der Waals surface area contributed by atoms with Gasteiger partial charge in [0.05, 0.1) is 7.11 Å². The maximum Gasteiger partial charge on any atom is 0.319 e. The monoisotopic (exact) mass is 334 g/mol. The van der Waals surface area contributed by atoms with Crippen molar-refractivity contribution in [3.8, 4) is 5.75 Å². The maximum absolute atomic E-state index is 11.9. The minimum atomic E-state index is -0.243. The molecule has 0 saturated carbocycles. The number of nitrogens with one attached hydrogen (secondary N) is 2. The number of aliphatic hydroxyl groups is 1. The highest BCUT2D eigenvalue weighted by molar-refractivity contribution is 7.10. The van der Waals surface area contributed by atoms with Crippen molar-refractivity contribution in [3.05, 3.63) is 46.7 Å². The number of anilines is 1. The highest BCUT2D eigenvalue weighted by atomic mass is 32.1. The van der Waals surface area contributed by atoms with E-state index in [1.54, 1.807) is 24.5 Å². The van der Waals surface area contributed by atoms with Crippen LogP contribution in [0.2, 0.25) is 0 Å². The SMILES string of the molecule is COc1cccc(NC(=O)NCC[C@H](CCO)c2cccs2)c1. The summed E-state index contributed by atoms with van der Waals surface area (Å²) in [7, 11) is 1.59. The molecular weight excluding hydrogens is 312 g/mol. The largest absolute Gasteiger partial charge is 0.497 e. The number of benzene rings is 1. The lowest BCUT2D eigenvalue weighted by Crippen LogP contribution is -2.30. The fourth-order valence-electron chi connectivity index (χ4n) is 2.34. The van der Waals surface area contributed by atoms with Crippen LogP contribution in [0.5, 0.6) is 5.75 Å². The van der Waals surface area contributed by atoms with Crippen molar-refractivity contribution in [3.63, 3.8) is 0 Å². The van der Waals surface area contributed by atoms with Crippen LogP contribution < -0.4 is 15.4 Å². The first-order chi connectivity index (χ1) is 11.2. The first-order valence-corrected chi connectivity index (χ1v) is 8.44. The number of carbonyl (C=O) groups is 1. The predicted octanol–water partition coefficient (Wildman–Crippen LogP) is 3.43. The van der Waals surface area contributed by atoms with E-state index in [0.29, 0.717) is 24.4 Å². The Labute approximate surface area is 140 Å². The Morgan fingerprint density at radius 3 is 2.87 bits per heavy atom. The van der Waals surface area contributed by atoms with Crippen molar-refractivity contribution in [2.75, 3.05) is 25.6 Å². The van der Waals surface area contributed by atoms with Gasteiger partial charge >= 0.3 is 6.03 Å². The second-order valence-corrected chi connectivity index (χ2v) is 6.11. The van der Waals surface area contributed by atoms with E-state index < -0.39 is 0 Å². The van der Waals surface area contributed by atoms with Gasteiger partial charge in [-0.05, 0) is 42.3 Å². The summed E-state index contributed by atoms with van der Waals surface area (Å²) < 4.78 is 5.12. The Bertz CT molecular complexity index is 602. The number of ether oxygens (including phenoxy) is 1. The van der Waals surface area contributed by atoms with Gasteiger partial charge in [0.15, 0.2) is 0 Å². The van der Waals surface area contributed by atoms with Crippen LogP contribution >= 0.6 is 11.3 Å². The van der Waals surface area contributed by atoms with Crippen molar-refractivity contribution in [1.82, 2.24) is 5.32 Å². The van der Waals surface area contributed by atoms with Crippen LogP contribution in [-0.2, 0) is 0 Å². The molecule has 0 aliphatic rings. The molecule has 0 bridgehead atoms. The van der Waals surface area contributed by atoms with E-state index in [1.165, 1.54) is 4.88 Å². The maximum atomic E-state index is 11.9. The summed E-state index contributed by atoms with van der Waals surface area (Å²) in [5.41, 5.74) is 0.687. The van der Waals surface area contributed by atoms with Gasteiger partial charge in [-0.1, -0.05) is 12.1 Å². The Morgan fingerprint density at radius 2 is 2.17 bits per heavy atom. The average Bonchev–Trinajstić information content (AvgIpc) is 3.08. The van der Waals surface area contributed by atoms with Gasteiger partial charge in [-0.3, -0.25) is 0 Å². The summed E-state index contributed by atoms with van der Waals surface area (Å²) in [5, 5.41) is 16.8. The number of aliphatic hydroxyl groups excluding tert-OH is 1. The van der Waals surface area contributed by atoms with Crippen LogP contribution in [-0.4, -0.2) is 31.4 Å². The van der Waals surface area contributed by atoms with Gasteiger partial charge in [0, 0.05) is 29.8 Å². The topological polar surface area (TPSA) is 70.6 Å². The number of carbonyl (C=O) groups excluding carboxylic acids is 1. The third-order valence-electron chi connectivity index (χ3n) is 3.53. The Morgan fingerprint density at radius 1 is 1.30 bits per heavy atom. The molecule has 23 heavy (non-hydrogen) atoms. The van der Waals surface area contributed by atoms with E-state index in [9.17, 15) is 9.90 Å². The first-order valence-electron chi connectivity index (χ1n) is 7.56. The van der Waals surface area contributed by atoms with Gasteiger partial charge < -0.3 is 20.5 Å². The minimum Gasteiger partial charge on any atom is -0.497 e. The number of hydrogen-bond donors (Lipinski definition) is 3. The Balaban J connectivity index is 1.79. The van der Waals surface area contributed by atoms with Crippen LogP contribution in [0.4, 0.5) is 10.5 Å². The third kappa shape index (κ3) is 5.58. The van der Waals surface area contributed by atoms with Gasteiger partial charge in [-0.15, -0.1) is 11.3 Å². The standard InChI is InChI=1S/C17H22N2O3S/c1-22-15-5-2-4-14(12-15)19-17(21)18-9-7-13(8-10-20)16-6-3-11-23-16/h2-6,11-13,20H,7-10H2,1H3,(H2,18,19,21)/t13-/m1/s1. The van der Waals surface area contributed by atoms with E-state index in [4.69, 9.17) is 4.74 Å². The molecule has 0 fully saturated rings. The summed E-state index contributed by atoms with van der Waals surface area (Å²) in [6.07, 6.45) is 1.51. The molecule has 6 heteroatoms. The highest BCUT2D eigenvalue weighted by Crippen LogP contribution is 2.26. The zero-order chi connectivity index (χ0) is 16.5. The van der Waals surface area contributed by atoms with E-state index in [1.807, 2.05) is 29.6 Å². The summed E-state index contributed by atoms with van der Waals surface area (Å²) in [6, 6.07) is 11.1. The molecule has 0 aliphatic carbocycles. The van der Waals surface area contributed by atoms with E-state index in [-0.39, 0.29) is 18.6 Å². The van der Waals surface area contributed by atoms with Crippen molar-refractivity contribution in [1.29, 1.82) is 0 Å². The molecule has 0 unspecified atom stereocenters. The summed E-state index contributed by atoms with van der Waals surface area (Å²) in [6.45, 7) is 0.705. The molecule has 1 aromatic carbocycles. The van der Waals surface area contributed by atoms with Crippen molar-refractivity contribution in [2.45, 2.75) is 18.8 Å². The average molecular weight is 334 g/mol. The van der Waals surface area contributed by atoms with E-state index in [2.05, 4.69) is 16.7 Å². The van der Waals surface area contributed by atoms with Crippen molar-refractivity contribution in [2.24, 2.45) is 0 Å². The predicted molar refractivity (Wildman–Crippen MR) is 93.4 cm³/mol. The molecule has 3 N–H and O–H groups in total. The molecule has 0 saturated heterocycles. The number of methoxy groups -OCH3 is 1. The number of urea groups is 1. The summed E-state index contributed by atoms with van der Waals surface area (Å²) >= 11 is 1.68. The second-order valence-electron chi connectivity index (χ2n) is 5.13. The number of thiophene rings is 1. The van der Waals surface area contributed by atoms with Gasteiger partial charge in [0.1, 0.15) is 5.75 Å². The van der Waals surface area contributed by atoms with Gasteiger partial charge in [0.2, 0.25) is 0 Å².